The van der Waals surface area contributed by atoms with Crippen LogP contribution in [-0.2, 0) is 0 Å². The monoisotopic (exact) mass is 276 g/mol. The highest BCUT2D eigenvalue weighted by atomic mass is 35.5. The Labute approximate surface area is 116 Å². The molecular formula is C13H13ClN4O. The Morgan fingerprint density at radius 3 is 2.74 bits per heavy atom. The Bertz CT molecular complexity index is 571. The van der Waals surface area contributed by atoms with Gasteiger partial charge in [0, 0.05) is 12.2 Å². The summed E-state index contributed by atoms with van der Waals surface area (Å²) in [6.45, 7) is 4.18. The van der Waals surface area contributed by atoms with Crippen LogP contribution in [0, 0.1) is 0 Å². The van der Waals surface area contributed by atoms with E-state index in [1.165, 1.54) is 6.20 Å². The zero-order chi connectivity index (χ0) is 13.7. The summed E-state index contributed by atoms with van der Waals surface area (Å²) in [5, 5.41) is 15.7. The van der Waals surface area contributed by atoms with Gasteiger partial charge in [-0.2, -0.15) is 4.98 Å². The van der Waals surface area contributed by atoms with Gasteiger partial charge in [-0.1, -0.05) is 17.7 Å². The number of anilines is 3. The lowest BCUT2D eigenvalue weighted by atomic mass is 10.3. The third-order valence-corrected chi connectivity index (χ3v) is 2.56. The summed E-state index contributed by atoms with van der Waals surface area (Å²) < 4.78 is 0. The second kappa shape index (κ2) is 6.06. The molecule has 3 N–H and O–H groups in total. The van der Waals surface area contributed by atoms with Crippen molar-refractivity contribution in [3.8, 4) is 5.75 Å². The predicted molar refractivity (Wildman–Crippen MR) is 77.1 cm³/mol. The molecule has 2 rings (SSSR count). The lowest BCUT2D eigenvalue weighted by Gasteiger charge is -2.08. The van der Waals surface area contributed by atoms with Crippen molar-refractivity contribution < 1.29 is 5.11 Å². The van der Waals surface area contributed by atoms with Crippen molar-refractivity contribution in [1.82, 2.24) is 9.97 Å². The van der Waals surface area contributed by atoms with E-state index in [-0.39, 0.29) is 5.75 Å². The molecule has 0 fully saturated rings. The lowest BCUT2D eigenvalue weighted by Crippen LogP contribution is -2.04. The summed E-state index contributed by atoms with van der Waals surface area (Å²) in [6, 6.07) is 6.61. The Morgan fingerprint density at radius 1 is 1.32 bits per heavy atom. The fourth-order valence-corrected chi connectivity index (χ4v) is 1.55. The number of aromatic hydroxyl groups is 1. The van der Waals surface area contributed by atoms with Gasteiger partial charge in [0.05, 0.1) is 6.20 Å². The second-order valence-electron chi connectivity index (χ2n) is 3.73. The highest BCUT2D eigenvalue weighted by Gasteiger charge is 2.04. The normalized spacial score (nSPS) is 9.95. The van der Waals surface area contributed by atoms with Crippen LogP contribution in [0.15, 0.2) is 43.1 Å². The molecule has 2 aromatic rings. The van der Waals surface area contributed by atoms with E-state index >= 15 is 0 Å². The van der Waals surface area contributed by atoms with Crippen LogP contribution in [0.25, 0.3) is 0 Å². The number of aromatic nitrogens is 2. The molecule has 0 aliphatic heterocycles. The third-order valence-electron chi connectivity index (χ3n) is 2.28. The molecule has 0 saturated carbocycles. The van der Waals surface area contributed by atoms with Crippen molar-refractivity contribution in [3.05, 3.63) is 48.1 Å². The van der Waals surface area contributed by atoms with E-state index in [0.29, 0.717) is 23.3 Å². The van der Waals surface area contributed by atoms with Crippen LogP contribution in [-0.4, -0.2) is 21.6 Å². The smallest absolute Gasteiger partial charge is 0.229 e. The molecule has 0 atom stereocenters. The van der Waals surface area contributed by atoms with Gasteiger partial charge in [0.2, 0.25) is 5.95 Å². The highest BCUT2D eigenvalue weighted by Crippen LogP contribution is 2.22. The minimum absolute atomic E-state index is 0.205. The van der Waals surface area contributed by atoms with Gasteiger partial charge in [-0.25, -0.2) is 4.98 Å². The largest absolute Gasteiger partial charge is 0.508 e. The van der Waals surface area contributed by atoms with Gasteiger partial charge < -0.3 is 15.7 Å². The topological polar surface area (TPSA) is 70.1 Å². The number of rotatable bonds is 5. The van der Waals surface area contributed by atoms with Crippen LogP contribution < -0.4 is 10.6 Å². The van der Waals surface area contributed by atoms with Gasteiger partial charge in [0.15, 0.2) is 5.82 Å². The Hall–Kier alpha value is -2.27. The minimum atomic E-state index is 0.205. The van der Waals surface area contributed by atoms with Crippen molar-refractivity contribution in [1.29, 1.82) is 0 Å². The number of hydrogen-bond acceptors (Lipinski definition) is 5. The van der Waals surface area contributed by atoms with E-state index in [0.717, 1.165) is 5.69 Å². The molecule has 98 valence electrons. The van der Waals surface area contributed by atoms with Crippen LogP contribution >= 0.6 is 11.6 Å². The molecule has 5 nitrogen and oxygen atoms in total. The summed E-state index contributed by atoms with van der Waals surface area (Å²) in [5.74, 6) is 1.16. The van der Waals surface area contributed by atoms with Crippen LogP contribution in [0.1, 0.15) is 0 Å². The Morgan fingerprint density at radius 2 is 2.05 bits per heavy atom. The van der Waals surface area contributed by atoms with Crippen molar-refractivity contribution >= 4 is 29.1 Å². The maximum Gasteiger partial charge on any atom is 0.229 e. The van der Waals surface area contributed by atoms with Crippen LogP contribution in [0.4, 0.5) is 17.5 Å². The number of phenols is 1. The Balaban J connectivity index is 2.16. The average molecular weight is 277 g/mol. The van der Waals surface area contributed by atoms with E-state index in [1.54, 1.807) is 30.3 Å². The van der Waals surface area contributed by atoms with E-state index in [9.17, 15) is 5.11 Å². The molecule has 19 heavy (non-hydrogen) atoms. The summed E-state index contributed by atoms with van der Waals surface area (Å²) in [4.78, 5) is 8.33. The first kappa shape index (κ1) is 13.2. The molecule has 0 radical (unpaired) electrons. The van der Waals surface area contributed by atoms with E-state index < -0.39 is 0 Å². The maximum atomic E-state index is 9.20. The van der Waals surface area contributed by atoms with Gasteiger partial charge in [-0.3, -0.25) is 0 Å². The number of benzene rings is 1. The molecular weight excluding hydrogens is 264 g/mol. The number of nitrogens with zero attached hydrogens (tertiary/aromatic N) is 2. The number of phenolic OH excluding ortho intramolecular Hbond substituents is 1. The molecule has 0 aliphatic rings. The quantitative estimate of drug-likeness (QED) is 0.578. The van der Waals surface area contributed by atoms with E-state index in [4.69, 9.17) is 11.6 Å². The van der Waals surface area contributed by atoms with Gasteiger partial charge in [-0.15, -0.1) is 6.58 Å². The highest BCUT2D eigenvalue weighted by molar-refractivity contribution is 6.32. The van der Waals surface area contributed by atoms with E-state index in [1.807, 2.05) is 0 Å². The standard InChI is InChI=1S/C13H13ClN4O/c1-2-7-15-12-11(14)8-16-13(18-12)17-9-3-5-10(19)6-4-9/h2-6,8,19H,1,7H2,(H2,15,16,17,18). The van der Waals surface area contributed by atoms with Gasteiger partial charge >= 0.3 is 0 Å². The van der Waals surface area contributed by atoms with E-state index in [2.05, 4.69) is 27.2 Å². The molecule has 0 spiro atoms. The predicted octanol–water partition coefficient (Wildman–Crippen LogP) is 3.18. The van der Waals surface area contributed by atoms with Crippen molar-refractivity contribution in [2.24, 2.45) is 0 Å². The molecule has 0 unspecified atom stereocenters. The summed E-state index contributed by atoms with van der Waals surface area (Å²) in [5.41, 5.74) is 0.773. The SMILES string of the molecule is C=CCNc1nc(Nc2ccc(O)cc2)ncc1Cl. The molecule has 0 amide bonds. The first-order chi connectivity index (χ1) is 9.19. The van der Waals surface area contributed by atoms with Crippen molar-refractivity contribution in [3.63, 3.8) is 0 Å². The first-order valence-electron chi connectivity index (χ1n) is 5.62. The number of nitrogens with one attached hydrogen (secondary N) is 2. The second-order valence-corrected chi connectivity index (χ2v) is 4.14. The third kappa shape index (κ3) is 3.59. The van der Waals surface area contributed by atoms with Gasteiger partial charge in [0.25, 0.3) is 0 Å². The summed E-state index contributed by atoms with van der Waals surface area (Å²) in [6.07, 6.45) is 3.23. The molecule has 1 aromatic heterocycles. The van der Waals surface area contributed by atoms with Crippen LogP contribution in [0.3, 0.4) is 0 Å². The first-order valence-corrected chi connectivity index (χ1v) is 6.00. The van der Waals surface area contributed by atoms with Crippen LogP contribution in [0.2, 0.25) is 5.02 Å². The number of hydrogen-bond donors (Lipinski definition) is 3. The van der Waals surface area contributed by atoms with Crippen molar-refractivity contribution in [2.45, 2.75) is 0 Å². The average Bonchev–Trinajstić information content (AvgIpc) is 2.42. The molecule has 0 aliphatic carbocycles. The van der Waals surface area contributed by atoms with Gasteiger partial charge in [0.1, 0.15) is 10.8 Å². The van der Waals surface area contributed by atoms with Crippen molar-refractivity contribution in [2.75, 3.05) is 17.2 Å². The van der Waals surface area contributed by atoms with Crippen LogP contribution in [0.5, 0.6) is 5.75 Å². The summed E-state index contributed by atoms with van der Waals surface area (Å²) >= 11 is 5.97. The molecule has 1 aromatic carbocycles. The lowest BCUT2D eigenvalue weighted by molar-refractivity contribution is 0.475. The zero-order valence-electron chi connectivity index (χ0n) is 10.1. The minimum Gasteiger partial charge on any atom is -0.508 e. The summed E-state index contributed by atoms with van der Waals surface area (Å²) in [7, 11) is 0. The Kier molecular flexibility index (Phi) is 4.20. The zero-order valence-corrected chi connectivity index (χ0v) is 10.9. The maximum absolute atomic E-state index is 9.20. The fraction of sp³-hybridized carbons (Fsp3) is 0.0769. The van der Waals surface area contributed by atoms with Gasteiger partial charge in [-0.05, 0) is 24.3 Å². The number of halogens is 1. The molecule has 0 bridgehead atoms. The fourth-order valence-electron chi connectivity index (χ4n) is 1.39. The molecule has 1 heterocycles. The molecule has 6 heteroatoms. The molecule has 0 saturated heterocycles.